The molecule has 0 N–H and O–H groups in total. The fraction of sp³-hybridized carbons (Fsp3) is 1.00. The van der Waals surface area contributed by atoms with E-state index >= 15 is 0 Å². The van der Waals surface area contributed by atoms with Crippen LogP contribution in [0.4, 0.5) is 0 Å². The van der Waals surface area contributed by atoms with E-state index < -0.39 is 0 Å². The highest BCUT2D eigenvalue weighted by molar-refractivity contribution is 4.96. The zero-order valence-corrected chi connectivity index (χ0v) is 8.76. The van der Waals surface area contributed by atoms with Crippen LogP contribution in [0.2, 0.25) is 0 Å². The quantitative estimate of drug-likeness (QED) is 0.639. The highest BCUT2D eigenvalue weighted by atomic mass is 16.5. The van der Waals surface area contributed by atoms with E-state index in [0.29, 0.717) is 0 Å². The summed E-state index contributed by atoms with van der Waals surface area (Å²) < 4.78 is 5.58. The van der Waals surface area contributed by atoms with Crippen LogP contribution in [0, 0.1) is 5.92 Å². The number of likely N-dealkylation sites (N-methyl/N-ethyl adjacent to an activating group) is 1. The Bertz CT molecular complexity index is 139. The third-order valence-corrected chi connectivity index (χ3v) is 2.68. The van der Waals surface area contributed by atoms with E-state index in [9.17, 15) is 0 Å². The summed E-state index contributed by atoms with van der Waals surface area (Å²) in [5, 5.41) is 0. The van der Waals surface area contributed by atoms with Gasteiger partial charge in [-0.3, -0.25) is 4.90 Å². The Hall–Kier alpha value is -0.0800. The summed E-state index contributed by atoms with van der Waals surface area (Å²) >= 11 is 0. The zero-order valence-electron chi connectivity index (χ0n) is 8.76. The van der Waals surface area contributed by atoms with Gasteiger partial charge in [0.05, 0.1) is 5.60 Å². The van der Waals surface area contributed by atoms with Crippen molar-refractivity contribution in [2.24, 2.45) is 5.92 Å². The van der Waals surface area contributed by atoms with Gasteiger partial charge in [-0.2, -0.15) is 0 Å². The topological polar surface area (TPSA) is 12.5 Å². The molecule has 1 fully saturated rings. The van der Waals surface area contributed by atoms with Crippen molar-refractivity contribution in [3.8, 4) is 0 Å². The number of rotatable bonds is 4. The van der Waals surface area contributed by atoms with Crippen LogP contribution in [0.1, 0.15) is 27.2 Å². The molecule has 1 aliphatic rings. The summed E-state index contributed by atoms with van der Waals surface area (Å²) in [5.74, 6) is 0.740. The van der Waals surface area contributed by atoms with Gasteiger partial charge in [-0.05, 0) is 18.9 Å². The van der Waals surface area contributed by atoms with Crippen LogP contribution in [-0.4, -0.2) is 37.2 Å². The molecule has 0 amide bonds. The van der Waals surface area contributed by atoms with Crippen LogP contribution in [0.5, 0.6) is 0 Å². The van der Waals surface area contributed by atoms with Gasteiger partial charge in [0.15, 0.2) is 0 Å². The SMILES string of the molecule is CCN1CC(CC(C)C)(OC)C1. The maximum absolute atomic E-state index is 5.58. The van der Waals surface area contributed by atoms with Crippen LogP contribution < -0.4 is 0 Å². The summed E-state index contributed by atoms with van der Waals surface area (Å²) in [6, 6.07) is 0. The van der Waals surface area contributed by atoms with E-state index in [1.165, 1.54) is 6.42 Å². The molecule has 0 aromatic heterocycles. The molecule has 1 heterocycles. The molecule has 72 valence electrons. The highest BCUT2D eigenvalue weighted by Gasteiger charge is 2.42. The van der Waals surface area contributed by atoms with Gasteiger partial charge in [0.25, 0.3) is 0 Å². The van der Waals surface area contributed by atoms with Gasteiger partial charge in [0.2, 0.25) is 0 Å². The van der Waals surface area contributed by atoms with Gasteiger partial charge >= 0.3 is 0 Å². The van der Waals surface area contributed by atoms with E-state index in [4.69, 9.17) is 4.74 Å². The van der Waals surface area contributed by atoms with Crippen molar-refractivity contribution in [3.05, 3.63) is 0 Å². The lowest BCUT2D eigenvalue weighted by Gasteiger charge is -2.49. The second-order valence-electron chi connectivity index (χ2n) is 4.29. The first-order valence-electron chi connectivity index (χ1n) is 4.89. The molecule has 0 aromatic carbocycles. The number of hydrogen-bond donors (Lipinski definition) is 0. The Balaban J connectivity index is 2.36. The zero-order chi connectivity index (χ0) is 9.19. The van der Waals surface area contributed by atoms with E-state index in [0.717, 1.165) is 25.6 Å². The maximum atomic E-state index is 5.58. The first kappa shape index (κ1) is 10.0. The first-order chi connectivity index (χ1) is 5.62. The van der Waals surface area contributed by atoms with Gasteiger partial charge in [0.1, 0.15) is 0 Å². The van der Waals surface area contributed by atoms with Crippen molar-refractivity contribution in [2.45, 2.75) is 32.8 Å². The summed E-state index contributed by atoms with van der Waals surface area (Å²) in [7, 11) is 1.84. The molecule has 0 aliphatic carbocycles. The molecule has 1 saturated heterocycles. The molecule has 12 heavy (non-hydrogen) atoms. The smallest absolute Gasteiger partial charge is 0.0933 e. The molecule has 0 aromatic rings. The number of nitrogens with zero attached hydrogens (tertiary/aromatic N) is 1. The molecular weight excluding hydrogens is 150 g/mol. The van der Waals surface area contributed by atoms with Gasteiger partial charge in [0, 0.05) is 20.2 Å². The lowest BCUT2D eigenvalue weighted by Crippen LogP contribution is -2.62. The maximum Gasteiger partial charge on any atom is 0.0933 e. The van der Waals surface area contributed by atoms with Gasteiger partial charge in [-0.25, -0.2) is 0 Å². The molecule has 0 bridgehead atoms. The second-order valence-corrected chi connectivity index (χ2v) is 4.29. The predicted octanol–water partition coefficient (Wildman–Crippen LogP) is 1.75. The lowest BCUT2D eigenvalue weighted by atomic mass is 9.85. The first-order valence-corrected chi connectivity index (χ1v) is 4.89. The van der Waals surface area contributed by atoms with Gasteiger partial charge < -0.3 is 4.74 Å². The molecule has 2 nitrogen and oxygen atoms in total. The Labute approximate surface area is 75.9 Å². The minimum Gasteiger partial charge on any atom is -0.376 e. The van der Waals surface area contributed by atoms with Crippen LogP contribution in [0.3, 0.4) is 0 Å². The standard InChI is InChI=1S/C10H21NO/c1-5-11-7-10(8-11,12-4)6-9(2)3/h9H,5-8H2,1-4H3. The Kier molecular flexibility index (Phi) is 3.13. The van der Waals surface area contributed by atoms with Crippen LogP contribution in [0.15, 0.2) is 0 Å². The van der Waals surface area contributed by atoms with E-state index in [2.05, 4.69) is 25.7 Å². The fourth-order valence-corrected chi connectivity index (χ4v) is 2.08. The van der Waals surface area contributed by atoms with Crippen molar-refractivity contribution in [1.82, 2.24) is 4.90 Å². The average molecular weight is 171 g/mol. The number of hydrogen-bond acceptors (Lipinski definition) is 2. The molecule has 0 unspecified atom stereocenters. The van der Waals surface area contributed by atoms with Crippen LogP contribution in [0.25, 0.3) is 0 Å². The summed E-state index contributed by atoms with van der Waals surface area (Å²) in [4.78, 5) is 2.42. The molecule has 0 spiro atoms. The largest absolute Gasteiger partial charge is 0.376 e. The van der Waals surface area contributed by atoms with Crippen molar-refractivity contribution in [1.29, 1.82) is 0 Å². The number of likely N-dealkylation sites (tertiary alicyclic amines) is 1. The van der Waals surface area contributed by atoms with Crippen LogP contribution >= 0.6 is 0 Å². The minimum atomic E-state index is 0.185. The van der Waals surface area contributed by atoms with Crippen LogP contribution in [-0.2, 0) is 4.74 Å². The van der Waals surface area contributed by atoms with Gasteiger partial charge in [-0.1, -0.05) is 20.8 Å². The second kappa shape index (κ2) is 3.75. The average Bonchev–Trinajstić information content (AvgIpc) is 1.95. The molecule has 0 atom stereocenters. The summed E-state index contributed by atoms with van der Waals surface area (Å²) in [5.41, 5.74) is 0.185. The Morgan fingerprint density at radius 1 is 1.42 bits per heavy atom. The van der Waals surface area contributed by atoms with E-state index in [-0.39, 0.29) is 5.60 Å². The monoisotopic (exact) mass is 171 g/mol. The summed E-state index contributed by atoms with van der Waals surface area (Å²) in [6.07, 6.45) is 1.19. The van der Waals surface area contributed by atoms with Crippen molar-refractivity contribution in [3.63, 3.8) is 0 Å². The highest BCUT2D eigenvalue weighted by Crippen LogP contribution is 2.30. The van der Waals surface area contributed by atoms with Crippen molar-refractivity contribution >= 4 is 0 Å². The van der Waals surface area contributed by atoms with Crippen molar-refractivity contribution < 1.29 is 4.74 Å². The lowest BCUT2D eigenvalue weighted by molar-refractivity contribution is -0.132. The predicted molar refractivity (Wildman–Crippen MR) is 51.3 cm³/mol. The summed E-state index contributed by atoms with van der Waals surface area (Å²) in [6.45, 7) is 10.1. The molecule has 2 heteroatoms. The third kappa shape index (κ3) is 1.99. The Morgan fingerprint density at radius 3 is 2.33 bits per heavy atom. The Morgan fingerprint density at radius 2 is 2.00 bits per heavy atom. The molecule has 0 radical (unpaired) electrons. The van der Waals surface area contributed by atoms with Crippen molar-refractivity contribution in [2.75, 3.05) is 26.7 Å². The molecule has 0 saturated carbocycles. The molecule has 1 rings (SSSR count). The molecule has 1 aliphatic heterocycles. The fourth-order valence-electron chi connectivity index (χ4n) is 2.08. The minimum absolute atomic E-state index is 0.185. The third-order valence-electron chi connectivity index (χ3n) is 2.68. The molecular formula is C10H21NO. The van der Waals surface area contributed by atoms with E-state index in [1.807, 2.05) is 7.11 Å². The van der Waals surface area contributed by atoms with Gasteiger partial charge in [-0.15, -0.1) is 0 Å². The number of ether oxygens (including phenoxy) is 1. The van der Waals surface area contributed by atoms with E-state index in [1.54, 1.807) is 0 Å². The normalized spacial score (nSPS) is 22.8. The number of methoxy groups -OCH3 is 1.